The van der Waals surface area contributed by atoms with Gasteiger partial charge in [0.1, 0.15) is 0 Å². The van der Waals surface area contributed by atoms with E-state index in [2.05, 4.69) is 10.6 Å². The van der Waals surface area contributed by atoms with Crippen LogP contribution in [0, 0.1) is 17.0 Å². The summed E-state index contributed by atoms with van der Waals surface area (Å²) >= 11 is 0. The lowest BCUT2D eigenvalue weighted by Crippen LogP contribution is -2.29. The molecule has 6 nitrogen and oxygen atoms in total. The number of rotatable bonds is 4. The standard InChI is InChI=1S/C11H15N3O3/c1-3-6-12-11(15)13-10-7-9(14(16)17)5-4-8(10)2/h4-5,7H,3,6H2,1-2H3,(H2,12,13,15). The number of nitro groups is 1. The Labute approximate surface area is 99.2 Å². The number of non-ortho nitro benzene ring substituents is 1. The van der Waals surface area contributed by atoms with E-state index in [-0.39, 0.29) is 11.7 Å². The van der Waals surface area contributed by atoms with Crippen LogP contribution in [-0.4, -0.2) is 17.5 Å². The van der Waals surface area contributed by atoms with Crippen molar-refractivity contribution in [3.63, 3.8) is 0 Å². The zero-order valence-electron chi connectivity index (χ0n) is 9.82. The summed E-state index contributed by atoms with van der Waals surface area (Å²) in [6, 6.07) is 4.01. The van der Waals surface area contributed by atoms with E-state index in [9.17, 15) is 14.9 Å². The van der Waals surface area contributed by atoms with E-state index in [4.69, 9.17) is 0 Å². The summed E-state index contributed by atoms with van der Waals surface area (Å²) in [5, 5.41) is 15.8. The molecule has 0 bridgehead atoms. The van der Waals surface area contributed by atoms with Gasteiger partial charge in [0.15, 0.2) is 0 Å². The molecule has 0 radical (unpaired) electrons. The average Bonchev–Trinajstić information content (AvgIpc) is 2.29. The first-order valence-electron chi connectivity index (χ1n) is 5.34. The Kier molecular flexibility index (Phi) is 4.45. The van der Waals surface area contributed by atoms with Gasteiger partial charge >= 0.3 is 6.03 Å². The lowest BCUT2D eigenvalue weighted by Gasteiger charge is -2.08. The van der Waals surface area contributed by atoms with Crippen LogP contribution in [0.2, 0.25) is 0 Å². The van der Waals surface area contributed by atoms with Gasteiger partial charge in [-0.15, -0.1) is 0 Å². The lowest BCUT2D eigenvalue weighted by molar-refractivity contribution is -0.384. The van der Waals surface area contributed by atoms with Crippen molar-refractivity contribution in [1.82, 2.24) is 5.32 Å². The Morgan fingerprint density at radius 2 is 2.18 bits per heavy atom. The molecule has 0 aliphatic carbocycles. The third-order valence-corrected chi connectivity index (χ3v) is 2.22. The summed E-state index contributed by atoms with van der Waals surface area (Å²) in [4.78, 5) is 21.5. The third kappa shape index (κ3) is 3.75. The number of urea groups is 1. The first-order chi connectivity index (χ1) is 8.04. The predicted molar refractivity (Wildman–Crippen MR) is 65.1 cm³/mol. The average molecular weight is 237 g/mol. The molecule has 0 saturated carbocycles. The highest BCUT2D eigenvalue weighted by atomic mass is 16.6. The summed E-state index contributed by atoms with van der Waals surface area (Å²) in [6.45, 7) is 4.29. The number of amides is 2. The maximum absolute atomic E-state index is 11.4. The van der Waals surface area contributed by atoms with Gasteiger partial charge in [-0.25, -0.2) is 4.79 Å². The number of nitro benzene ring substituents is 1. The molecule has 17 heavy (non-hydrogen) atoms. The molecule has 0 spiro atoms. The van der Waals surface area contributed by atoms with Crippen LogP contribution in [0.1, 0.15) is 18.9 Å². The number of nitrogens with zero attached hydrogens (tertiary/aromatic N) is 1. The minimum absolute atomic E-state index is 0.0404. The molecule has 0 atom stereocenters. The molecule has 0 aromatic heterocycles. The van der Waals surface area contributed by atoms with Crippen LogP contribution >= 0.6 is 0 Å². The Hall–Kier alpha value is -2.11. The second kappa shape index (κ2) is 5.83. The summed E-state index contributed by atoms with van der Waals surface area (Å²) < 4.78 is 0. The van der Waals surface area contributed by atoms with E-state index >= 15 is 0 Å². The van der Waals surface area contributed by atoms with E-state index in [0.29, 0.717) is 12.2 Å². The first-order valence-corrected chi connectivity index (χ1v) is 5.34. The fourth-order valence-corrected chi connectivity index (χ4v) is 1.26. The number of hydrogen-bond acceptors (Lipinski definition) is 3. The fourth-order valence-electron chi connectivity index (χ4n) is 1.26. The number of aryl methyl sites for hydroxylation is 1. The summed E-state index contributed by atoms with van der Waals surface area (Å²) in [6.07, 6.45) is 0.835. The van der Waals surface area contributed by atoms with E-state index < -0.39 is 4.92 Å². The van der Waals surface area contributed by atoms with Gasteiger partial charge in [-0.3, -0.25) is 10.1 Å². The van der Waals surface area contributed by atoms with Gasteiger partial charge in [-0.05, 0) is 18.9 Å². The van der Waals surface area contributed by atoms with Crippen LogP contribution in [0.4, 0.5) is 16.2 Å². The summed E-state index contributed by atoms with van der Waals surface area (Å²) in [5.41, 5.74) is 1.19. The SMILES string of the molecule is CCCNC(=O)Nc1cc([N+](=O)[O-])ccc1C. The van der Waals surface area contributed by atoms with Crippen molar-refractivity contribution < 1.29 is 9.72 Å². The predicted octanol–water partition coefficient (Wildman–Crippen LogP) is 2.43. The van der Waals surface area contributed by atoms with Gasteiger partial charge in [0.2, 0.25) is 0 Å². The quantitative estimate of drug-likeness (QED) is 0.623. The van der Waals surface area contributed by atoms with Crippen LogP contribution in [-0.2, 0) is 0 Å². The molecule has 2 amide bonds. The van der Waals surface area contributed by atoms with E-state index in [1.807, 2.05) is 6.92 Å². The normalized spacial score (nSPS) is 9.76. The van der Waals surface area contributed by atoms with Crippen molar-refractivity contribution in [3.05, 3.63) is 33.9 Å². The van der Waals surface area contributed by atoms with Gasteiger partial charge < -0.3 is 10.6 Å². The zero-order valence-corrected chi connectivity index (χ0v) is 9.82. The Bertz CT molecular complexity index is 432. The molecule has 1 rings (SSSR count). The molecule has 6 heteroatoms. The molecule has 0 aliphatic rings. The highest BCUT2D eigenvalue weighted by Crippen LogP contribution is 2.21. The van der Waals surface area contributed by atoms with Crippen LogP contribution in [0.15, 0.2) is 18.2 Å². The number of carbonyl (C=O) groups excluding carboxylic acids is 1. The van der Waals surface area contributed by atoms with Gasteiger partial charge in [0.05, 0.1) is 10.6 Å². The smallest absolute Gasteiger partial charge is 0.319 e. The Balaban J connectivity index is 2.79. The highest BCUT2D eigenvalue weighted by molar-refractivity contribution is 5.90. The number of hydrogen-bond donors (Lipinski definition) is 2. The number of anilines is 1. The molecule has 1 aromatic carbocycles. The van der Waals surface area contributed by atoms with Crippen molar-refractivity contribution >= 4 is 17.4 Å². The Morgan fingerprint density at radius 3 is 2.76 bits per heavy atom. The van der Waals surface area contributed by atoms with E-state index in [0.717, 1.165) is 12.0 Å². The maximum atomic E-state index is 11.4. The van der Waals surface area contributed by atoms with Crippen LogP contribution in [0.25, 0.3) is 0 Å². The molecular formula is C11H15N3O3. The molecular weight excluding hydrogens is 222 g/mol. The van der Waals surface area contributed by atoms with Gasteiger partial charge in [0, 0.05) is 18.7 Å². The molecule has 0 unspecified atom stereocenters. The molecule has 0 saturated heterocycles. The summed E-state index contributed by atoms with van der Waals surface area (Å²) in [5.74, 6) is 0. The number of carbonyl (C=O) groups is 1. The van der Waals surface area contributed by atoms with E-state index in [1.165, 1.54) is 12.1 Å². The van der Waals surface area contributed by atoms with Crippen LogP contribution < -0.4 is 10.6 Å². The maximum Gasteiger partial charge on any atom is 0.319 e. The molecule has 92 valence electrons. The van der Waals surface area contributed by atoms with Gasteiger partial charge in [-0.1, -0.05) is 13.0 Å². The van der Waals surface area contributed by atoms with Crippen molar-refractivity contribution in [3.8, 4) is 0 Å². The second-order valence-electron chi connectivity index (χ2n) is 3.64. The molecule has 0 aliphatic heterocycles. The second-order valence-corrected chi connectivity index (χ2v) is 3.64. The van der Waals surface area contributed by atoms with Crippen molar-refractivity contribution in [2.75, 3.05) is 11.9 Å². The molecule has 0 fully saturated rings. The Morgan fingerprint density at radius 1 is 1.47 bits per heavy atom. The number of nitrogens with one attached hydrogen (secondary N) is 2. The van der Waals surface area contributed by atoms with Crippen molar-refractivity contribution in [2.45, 2.75) is 20.3 Å². The highest BCUT2D eigenvalue weighted by Gasteiger charge is 2.10. The minimum atomic E-state index is -0.492. The lowest BCUT2D eigenvalue weighted by atomic mass is 10.2. The molecule has 2 N–H and O–H groups in total. The van der Waals surface area contributed by atoms with Gasteiger partial charge in [-0.2, -0.15) is 0 Å². The molecule has 1 aromatic rings. The minimum Gasteiger partial charge on any atom is -0.338 e. The largest absolute Gasteiger partial charge is 0.338 e. The topological polar surface area (TPSA) is 84.3 Å². The third-order valence-electron chi connectivity index (χ3n) is 2.22. The van der Waals surface area contributed by atoms with Crippen molar-refractivity contribution in [1.29, 1.82) is 0 Å². The first kappa shape index (κ1) is 13.0. The fraction of sp³-hybridized carbons (Fsp3) is 0.364. The van der Waals surface area contributed by atoms with E-state index in [1.54, 1.807) is 13.0 Å². The zero-order chi connectivity index (χ0) is 12.8. The van der Waals surface area contributed by atoms with Crippen molar-refractivity contribution in [2.24, 2.45) is 0 Å². The summed E-state index contributed by atoms with van der Waals surface area (Å²) in [7, 11) is 0. The van der Waals surface area contributed by atoms with Gasteiger partial charge in [0.25, 0.3) is 5.69 Å². The number of benzene rings is 1. The monoisotopic (exact) mass is 237 g/mol. The molecule has 0 heterocycles. The van der Waals surface area contributed by atoms with Crippen LogP contribution in [0.5, 0.6) is 0 Å². The van der Waals surface area contributed by atoms with Crippen LogP contribution in [0.3, 0.4) is 0 Å².